The Kier molecular flexibility index (Phi) is 7.89. The van der Waals surface area contributed by atoms with Gasteiger partial charge in [-0.05, 0) is 18.9 Å². The Labute approximate surface area is 184 Å². The first kappa shape index (κ1) is 22.6. The molecule has 3 heterocycles. The molecule has 0 radical (unpaired) electrons. The molecule has 0 amide bonds. The Hall–Kier alpha value is -3.06. The Morgan fingerprint density at radius 1 is 1.32 bits per heavy atom. The maximum atomic E-state index is 6.26. The Morgan fingerprint density at radius 3 is 2.74 bits per heavy atom. The predicted octanol–water partition coefficient (Wildman–Crippen LogP) is 4.72. The normalized spacial score (nSPS) is 16.7. The van der Waals surface area contributed by atoms with Gasteiger partial charge in [-0.1, -0.05) is 51.2 Å². The van der Waals surface area contributed by atoms with Crippen LogP contribution in [0.5, 0.6) is 0 Å². The van der Waals surface area contributed by atoms with E-state index in [1.165, 1.54) is 0 Å². The number of allylic oxidation sites excluding steroid dienone is 6. The van der Waals surface area contributed by atoms with E-state index in [1.807, 2.05) is 32.2 Å². The lowest BCUT2D eigenvalue weighted by Crippen LogP contribution is -2.37. The van der Waals surface area contributed by atoms with Crippen molar-refractivity contribution >= 4 is 28.4 Å². The van der Waals surface area contributed by atoms with E-state index in [-0.39, 0.29) is 0 Å². The number of aromatic nitrogens is 2. The van der Waals surface area contributed by atoms with E-state index in [1.54, 1.807) is 6.08 Å². The highest BCUT2D eigenvalue weighted by Gasteiger charge is 2.21. The van der Waals surface area contributed by atoms with Crippen molar-refractivity contribution in [3.63, 3.8) is 0 Å². The van der Waals surface area contributed by atoms with E-state index in [2.05, 4.69) is 48.1 Å². The van der Waals surface area contributed by atoms with Gasteiger partial charge in [0.05, 0.1) is 13.2 Å². The predicted molar refractivity (Wildman–Crippen MR) is 128 cm³/mol. The van der Waals surface area contributed by atoms with Gasteiger partial charge in [0.1, 0.15) is 17.1 Å². The lowest BCUT2D eigenvalue weighted by Gasteiger charge is -2.27. The van der Waals surface area contributed by atoms with E-state index in [0.29, 0.717) is 30.7 Å². The van der Waals surface area contributed by atoms with Crippen LogP contribution in [-0.2, 0) is 4.74 Å². The molecular weight excluding hydrogens is 390 g/mol. The van der Waals surface area contributed by atoms with Crippen LogP contribution in [-0.4, -0.2) is 43.3 Å². The van der Waals surface area contributed by atoms with Gasteiger partial charge in [-0.25, -0.2) is 4.98 Å². The molecule has 3 rings (SSSR count). The van der Waals surface area contributed by atoms with Crippen LogP contribution in [0.2, 0.25) is 0 Å². The fourth-order valence-corrected chi connectivity index (χ4v) is 3.24. The number of furan rings is 1. The number of rotatable bonds is 9. The number of anilines is 2. The average molecular weight is 424 g/mol. The number of nitrogens with one attached hydrogen (secondary N) is 2. The molecule has 1 unspecified atom stereocenters. The first-order valence-corrected chi connectivity index (χ1v) is 10.9. The quantitative estimate of drug-likeness (QED) is 0.565. The molecule has 1 atom stereocenters. The van der Waals surface area contributed by atoms with Crippen molar-refractivity contribution in [3.8, 4) is 0 Å². The third-order valence-electron chi connectivity index (χ3n) is 5.33. The van der Waals surface area contributed by atoms with Gasteiger partial charge in [-0.15, -0.1) is 0 Å². The summed E-state index contributed by atoms with van der Waals surface area (Å²) in [6.45, 7) is 13.1. The highest BCUT2D eigenvalue weighted by atomic mass is 16.5. The number of hydrogen-bond donors (Lipinski definition) is 2. The summed E-state index contributed by atoms with van der Waals surface area (Å²) >= 11 is 0. The van der Waals surface area contributed by atoms with Gasteiger partial charge < -0.3 is 24.7 Å². The number of fused-ring (bicyclic) bond motifs is 1. The molecule has 31 heavy (non-hydrogen) atoms. The zero-order valence-electron chi connectivity index (χ0n) is 18.9. The van der Waals surface area contributed by atoms with Crippen molar-refractivity contribution < 1.29 is 9.15 Å². The van der Waals surface area contributed by atoms with Crippen LogP contribution >= 0.6 is 0 Å². The van der Waals surface area contributed by atoms with Crippen LogP contribution < -0.4 is 15.5 Å². The lowest BCUT2D eigenvalue weighted by molar-refractivity contribution is 0.122. The van der Waals surface area contributed by atoms with Crippen LogP contribution in [0.15, 0.2) is 53.3 Å². The summed E-state index contributed by atoms with van der Waals surface area (Å²) in [4.78, 5) is 11.6. The summed E-state index contributed by atoms with van der Waals surface area (Å²) < 4.78 is 11.8. The second kappa shape index (κ2) is 10.8. The van der Waals surface area contributed by atoms with Crippen molar-refractivity contribution in [1.82, 2.24) is 15.3 Å². The topological polar surface area (TPSA) is 75.5 Å². The molecule has 0 spiro atoms. The van der Waals surface area contributed by atoms with Crippen LogP contribution in [0.4, 0.5) is 11.8 Å². The molecular formula is C24H33N5O2. The minimum absolute atomic E-state index is 0.518. The molecule has 166 valence electrons. The van der Waals surface area contributed by atoms with Crippen molar-refractivity contribution in [1.29, 1.82) is 0 Å². The van der Waals surface area contributed by atoms with Gasteiger partial charge in [-0.3, -0.25) is 0 Å². The Morgan fingerprint density at radius 2 is 2.10 bits per heavy atom. The molecule has 7 heteroatoms. The second-order valence-corrected chi connectivity index (χ2v) is 7.47. The van der Waals surface area contributed by atoms with Gasteiger partial charge in [0.2, 0.25) is 5.95 Å². The fourth-order valence-electron chi connectivity index (χ4n) is 3.24. The van der Waals surface area contributed by atoms with Crippen molar-refractivity contribution in [2.75, 3.05) is 43.6 Å². The Balaban J connectivity index is 2.04. The largest absolute Gasteiger partial charge is 0.450 e. The molecule has 2 N–H and O–H groups in total. The van der Waals surface area contributed by atoms with E-state index in [4.69, 9.17) is 19.1 Å². The zero-order chi connectivity index (χ0) is 22.2. The van der Waals surface area contributed by atoms with Crippen molar-refractivity contribution in [2.45, 2.75) is 27.2 Å². The van der Waals surface area contributed by atoms with Gasteiger partial charge in [-0.2, -0.15) is 4.98 Å². The molecule has 1 aliphatic heterocycles. The highest BCUT2D eigenvalue weighted by molar-refractivity contribution is 5.89. The van der Waals surface area contributed by atoms with Crippen molar-refractivity contribution in [2.24, 2.45) is 5.92 Å². The van der Waals surface area contributed by atoms with Crippen LogP contribution in [0.3, 0.4) is 0 Å². The molecule has 0 saturated carbocycles. The zero-order valence-corrected chi connectivity index (χ0v) is 18.9. The second-order valence-electron chi connectivity index (χ2n) is 7.47. The summed E-state index contributed by atoms with van der Waals surface area (Å²) in [6, 6.07) is 1.95. The molecule has 1 aliphatic rings. The molecule has 0 bridgehead atoms. The molecule has 1 fully saturated rings. The first-order chi connectivity index (χ1) is 15.1. The van der Waals surface area contributed by atoms with Gasteiger partial charge >= 0.3 is 0 Å². The summed E-state index contributed by atoms with van der Waals surface area (Å²) in [5.41, 5.74) is 2.33. The number of morpholine rings is 1. The van der Waals surface area contributed by atoms with Gasteiger partial charge in [0, 0.05) is 31.8 Å². The van der Waals surface area contributed by atoms with Gasteiger partial charge in [0.15, 0.2) is 11.4 Å². The minimum atomic E-state index is 0.518. The molecule has 1 saturated heterocycles. The molecule has 0 aliphatic carbocycles. The van der Waals surface area contributed by atoms with Crippen LogP contribution in [0, 0.1) is 5.92 Å². The summed E-state index contributed by atoms with van der Waals surface area (Å²) in [5.74, 6) is 3.37. The molecule has 0 aromatic carbocycles. The maximum absolute atomic E-state index is 6.26. The SMILES string of the molecule is C=C/C(=C\C=C/C(C)CC)c1cc2nc(N/C(=C/C)NC)nc(N3CCOCC3)c2o1. The summed E-state index contributed by atoms with van der Waals surface area (Å²) in [6.07, 6.45) is 11.1. The van der Waals surface area contributed by atoms with E-state index in [0.717, 1.165) is 48.0 Å². The van der Waals surface area contributed by atoms with Crippen LogP contribution in [0.25, 0.3) is 16.7 Å². The molecule has 7 nitrogen and oxygen atoms in total. The third-order valence-corrected chi connectivity index (χ3v) is 5.33. The summed E-state index contributed by atoms with van der Waals surface area (Å²) in [7, 11) is 1.85. The fraction of sp³-hybridized carbons (Fsp3) is 0.417. The highest BCUT2D eigenvalue weighted by Crippen LogP contribution is 2.32. The van der Waals surface area contributed by atoms with Crippen molar-refractivity contribution in [3.05, 3.63) is 54.6 Å². The Bertz CT molecular complexity index is 983. The van der Waals surface area contributed by atoms with E-state index >= 15 is 0 Å². The standard InChI is InChI=1S/C24H33N5O2/c1-6-17(4)10-9-11-18(7-2)20-16-19-22(31-20)23(29-12-14-30-15-13-29)28-24(26-19)27-21(8-3)25-5/h7-11,16-17,25H,2,6,12-15H2,1,3-5H3,(H,26,27,28)/b10-9-,18-11+,21-8+. The third kappa shape index (κ3) is 5.55. The summed E-state index contributed by atoms with van der Waals surface area (Å²) in [5, 5.41) is 6.34. The molecule has 2 aromatic rings. The monoisotopic (exact) mass is 423 g/mol. The molecule has 2 aromatic heterocycles. The first-order valence-electron chi connectivity index (χ1n) is 10.9. The smallest absolute Gasteiger partial charge is 0.231 e. The maximum Gasteiger partial charge on any atom is 0.231 e. The number of hydrogen-bond acceptors (Lipinski definition) is 7. The van der Waals surface area contributed by atoms with E-state index < -0.39 is 0 Å². The lowest BCUT2D eigenvalue weighted by atomic mass is 10.1. The average Bonchev–Trinajstić information content (AvgIpc) is 3.23. The van der Waals surface area contributed by atoms with E-state index in [9.17, 15) is 0 Å². The number of nitrogens with zero attached hydrogens (tertiary/aromatic N) is 3. The minimum Gasteiger partial charge on any atom is -0.450 e. The van der Waals surface area contributed by atoms with Crippen LogP contribution in [0.1, 0.15) is 33.0 Å². The van der Waals surface area contributed by atoms with Gasteiger partial charge in [0.25, 0.3) is 0 Å². The number of ether oxygens (including phenoxy) is 1.